The molecule has 2 unspecified atom stereocenters. The van der Waals surface area contributed by atoms with Gasteiger partial charge in [0.05, 0.1) is 5.41 Å². The maximum absolute atomic E-state index is 13.6. The molecule has 1 aliphatic rings. The van der Waals surface area contributed by atoms with Crippen molar-refractivity contribution < 1.29 is 18.7 Å². The molecule has 0 amide bonds. The highest BCUT2D eigenvalue weighted by atomic mass is 19.1. The Morgan fingerprint density at radius 3 is 2.56 bits per heavy atom. The van der Waals surface area contributed by atoms with Crippen LogP contribution >= 0.6 is 0 Å². The average Bonchev–Trinajstić information content (AvgIpc) is 2.19. The second-order valence-corrected chi connectivity index (χ2v) is 4.34. The lowest BCUT2D eigenvalue weighted by Gasteiger charge is -2.44. The summed E-state index contributed by atoms with van der Waals surface area (Å²) < 4.78 is 26.4. The van der Waals surface area contributed by atoms with Gasteiger partial charge in [-0.25, -0.2) is 8.78 Å². The van der Waals surface area contributed by atoms with Crippen molar-refractivity contribution in [2.24, 2.45) is 5.92 Å². The first-order valence-corrected chi connectivity index (χ1v) is 5.17. The molecule has 0 aromatic heterocycles. The molecule has 1 N–H and O–H groups in total. The maximum atomic E-state index is 13.6. The van der Waals surface area contributed by atoms with E-state index in [2.05, 4.69) is 0 Å². The van der Waals surface area contributed by atoms with Crippen molar-refractivity contribution in [3.05, 3.63) is 35.4 Å². The first kappa shape index (κ1) is 11.0. The smallest absolute Gasteiger partial charge is 0.314 e. The van der Waals surface area contributed by atoms with Crippen LogP contribution in [-0.2, 0) is 10.2 Å². The van der Waals surface area contributed by atoms with Crippen molar-refractivity contribution in [2.75, 3.05) is 0 Å². The zero-order valence-electron chi connectivity index (χ0n) is 8.84. The van der Waals surface area contributed by atoms with Gasteiger partial charge in [-0.3, -0.25) is 4.79 Å². The summed E-state index contributed by atoms with van der Waals surface area (Å²) in [6.45, 7) is 1.78. The lowest BCUT2D eigenvalue weighted by atomic mass is 9.57. The zero-order chi connectivity index (χ0) is 11.9. The van der Waals surface area contributed by atoms with Crippen molar-refractivity contribution in [3.63, 3.8) is 0 Å². The van der Waals surface area contributed by atoms with Crippen LogP contribution in [0, 0.1) is 17.6 Å². The third kappa shape index (κ3) is 1.32. The Balaban J connectivity index is 2.53. The van der Waals surface area contributed by atoms with Crippen LogP contribution in [0.2, 0.25) is 0 Å². The molecule has 86 valence electrons. The molecule has 1 aromatic carbocycles. The molecule has 1 saturated carbocycles. The van der Waals surface area contributed by atoms with Gasteiger partial charge < -0.3 is 5.11 Å². The molecular formula is C12H12F2O2. The van der Waals surface area contributed by atoms with Crippen molar-refractivity contribution in [1.82, 2.24) is 0 Å². The molecule has 0 bridgehead atoms. The van der Waals surface area contributed by atoms with Crippen LogP contribution in [0.5, 0.6) is 0 Å². The maximum Gasteiger partial charge on any atom is 0.314 e. The van der Waals surface area contributed by atoms with Gasteiger partial charge in [0.2, 0.25) is 0 Å². The predicted octanol–water partition coefficient (Wildman–Crippen LogP) is 2.72. The summed E-state index contributed by atoms with van der Waals surface area (Å²) in [5.41, 5.74) is -1.07. The third-order valence-corrected chi connectivity index (χ3v) is 3.61. The number of halogens is 2. The van der Waals surface area contributed by atoms with Gasteiger partial charge in [0.15, 0.2) is 0 Å². The average molecular weight is 226 g/mol. The van der Waals surface area contributed by atoms with E-state index in [1.54, 1.807) is 6.92 Å². The molecule has 0 aliphatic heterocycles. The van der Waals surface area contributed by atoms with E-state index in [9.17, 15) is 18.7 Å². The third-order valence-electron chi connectivity index (χ3n) is 3.61. The van der Waals surface area contributed by atoms with Gasteiger partial charge in [-0.05, 0) is 24.8 Å². The van der Waals surface area contributed by atoms with E-state index < -0.39 is 23.0 Å². The summed E-state index contributed by atoms with van der Waals surface area (Å²) in [7, 11) is 0. The molecule has 1 aliphatic carbocycles. The second-order valence-electron chi connectivity index (χ2n) is 4.34. The van der Waals surface area contributed by atoms with Crippen LogP contribution in [0.1, 0.15) is 25.3 Å². The first-order valence-electron chi connectivity index (χ1n) is 5.17. The van der Waals surface area contributed by atoms with Crippen LogP contribution in [-0.4, -0.2) is 11.1 Å². The van der Waals surface area contributed by atoms with Crippen LogP contribution in [0.4, 0.5) is 8.78 Å². The Labute approximate surface area is 91.9 Å². The Hall–Kier alpha value is -1.45. The van der Waals surface area contributed by atoms with Crippen molar-refractivity contribution in [3.8, 4) is 0 Å². The summed E-state index contributed by atoms with van der Waals surface area (Å²) in [5, 5.41) is 9.24. The number of carboxylic acid groups (broad SMARTS) is 1. The molecule has 0 radical (unpaired) electrons. The summed E-state index contributed by atoms with van der Waals surface area (Å²) >= 11 is 0. The lowest BCUT2D eigenvalue weighted by molar-refractivity contribution is -0.151. The highest BCUT2D eigenvalue weighted by Crippen LogP contribution is 2.49. The van der Waals surface area contributed by atoms with Gasteiger partial charge in [0, 0.05) is 11.6 Å². The fraction of sp³-hybridized carbons (Fsp3) is 0.417. The van der Waals surface area contributed by atoms with Crippen LogP contribution in [0.15, 0.2) is 18.2 Å². The van der Waals surface area contributed by atoms with Crippen molar-refractivity contribution in [1.29, 1.82) is 0 Å². The van der Waals surface area contributed by atoms with Gasteiger partial charge in [-0.2, -0.15) is 0 Å². The molecule has 16 heavy (non-hydrogen) atoms. The molecule has 0 spiro atoms. The lowest BCUT2D eigenvalue weighted by Crippen LogP contribution is -2.50. The minimum absolute atomic E-state index is 0.0974. The number of hydrogen-bond acceptors (Lipinski definition) is 1. The SMILES string of the molecule is CC1CCC1(C(=O)O)c1ccc(F)cc1F. The minimum atomic E-state index is -1.17. The molecule has 1 fully saturated rings. The highest BCUT2D eigenvalue weighted by Gasteiger charge is 2.53. The van der Waals surface area contributed by atoms with Gasteiger partial charge >= 0.3 is 5.97 Å². The molecule has 2 rings (SSSR count). The minimum Gasteiger partial charge on any atom is -0.481 e. The molecule has 2 nitrogen and oxygen atoms in total. The summed E-state index contributed by atoms with van der Waals surface area (Å²) in [6, 6.07) is 3.09. The van der Waals surface area contributed by atoms with E-state index in [0.29, 0.717) is 6.42 Å². The standard InChI is InChI=1S/C12H12F2O2/c1-7-4-5-12(7,11(15)16)9-3-2-8(13)6-10(9)14/h2-3,6-7H,4-5H2,1H3,(H,15,16). The van der Waals surface area contributed by atoms with E-state index in [0.717, 1.165) is 18.6 Å². The summed E-state index contributed by atoms with van der Waals surface area (Å²) in [5.74, 6) is -2.61. The fourth-order valence-corrected chi connectivity index (χ4v) is 2.41. The Bertz CT molecular complexity index is 445. The number of hydrogen-bond donors (Lipinski definition) is 1. The predicted molar refractivity (Wildman–Crippen MR) is 54.1 cm³/mol. The molecule has 0 saturated heterocycles. The number of rotatable bonds is 2. The monoisotopic (exact) mass is 226 g/mol. The fourth-order valence-electron chi connectivity index (χ4n) is 2.41. The Morgan fingerprint density at radius 2 is 2.19 bits per heavy atom. The molecule has 1 aromatic rings. The van der Waals surface area contributed by atoms with Crippen molar-refractivity contribution in [2.45, 2.75) is 25.2 Å². The Morgan fingerprint density at radius 1 is 1.50 bits per heavy atom. The number of carbonyl (C=O) groups is 1. The highest BCUT2D eigenvalue weighted by molar-refractivity contribution is 5.83. The van der Waals surface area contributed by atoms with E-state index in [4.69, 9.17) is 0 Å². The Kier molecular flexibility index (Phi) is 2.45. The topological polar surface area (TPSA) is 37.3 Å². The summed E-state index contributed by atoms with van der Waals surface area (Å²) in [6.07, 6.45) is 1.16. The van der Waals surface area contributed by atoms with Crippen LogP contribution in [0.3, 0.4) is 0 Å². The largest absolute Gasteiger partial charge is 0.481 e. The van der Waals surface area contributed by atoms with E-state index in [1.165, 1.54) is 6.07 Å². The molecular weight excluding hydrogens is 214 g/mol. The van der Waals surface area contributed by atoms with Gasteiger partial charge in [0.1, 0.15) is 11.6 Å². The van der Waals surface area contributed by atoms with Gasteiger partial charge in [0.25, 0.3) is 0 Å². The number of aliphatic carboxylic acids is 1. The molecule has 0 heterocycles. The van der Waals surface area contributed by atoms with Crippen LogP contribution in [0.25, 0.3) is 0 Å². The summed E-state index contributed by atoms with van der Waals surface area (Å²) in [4.78, 5) is 11.3. The molecule has 2 atom stereocenters. The zero-order valence-corrected chi connectivity index (χ0v) is 8.84. The van der Waals surface area contributed by atoms with Crippen LogP contribution < -0.4 is 0 Å². The quantitative estimate of drug-likeness (QED) is 0.841. The number of carboxylic acids is 1. The second kappa shape index (κ2) is 3.54. The van der Waals surface area contributed by atoms with Gasteiger partial charge in [-0.1, -0.05) is 13.0 Å². The molecule has 4 heteroatoms. The van der Waals surface area contributed by atoms with E-state index >= 15 is 0 Å². The van der Waals surface area contributed by atoms with E-state index in [1.807, 2.05) is 0 Å². The van der Waals surface area contributed by atoms with Crippen molar-refractivity contribution >= 4 is 5.97 Å². The van der Waals surface area contributed by atoms with Gasteiger partial charge in [-0.15, -0.1) is 0 Å². The number of benzene rings is 1. The normalized spacial score (nSPS) is 28.6. The van der Waals surface area contributed by atoms with E-state index in [-0.39, 0.29) is 11.5 Å². The first-order chi connectivity index (χ1) is 7.48.